The molecule has 1 aliphatic rings. The first-order valence-electron chi connectivity index (χ1n) is 14.2. The van der Waals surface area contributed by atoms with Crippen LogP contribution in [0.1, 0.15) is 124 Å². The van der Waals surface area contributed by atoms with E-state index in [9.17, 15) is 15.3 Å². The Bertz CT molecular complexity index is 474. The summed E-state index contributed by atoms with van der Waals surface area (Å²) in [4.78, 5) is 0. The van der Waals surface area contributed by atoms with Gasteiger partial charge in [-0.2, -0.15) is 0 Å². The van der Waals surface area contributed by atoms with Crippen molar-refractivity contribution in [2.75, 3.05) is 20.3 Å². The van der Waals surface area contributed by atoms with E-state index in [4.69, 9.17) is 14.2 Å². The molecular formula is C28H56O6. The van der Waals surface area contributed by atoms with E-state index in [1.807, 2.05) is 0 Å². The molecule has 1 aliphatic heterocycles. The van der Waals surface area contributed by atoms with Crippen LogP contribution in [0.5, 0.6) is 0 Å². The Kier molecular flexibility index (Phi) is 17.7. The molecule has 1 rings (SSSR count). The molecule has 0 aromatic carbocycles. The van der Waals surface area contributed by atoms with E-state index in [0.717, 1.165) is 12.8 Å². The minimum Gasteiger partial charge on any atom is -0.394 e. The Morgan fingerprint density at radius 3 is 1.65 bits per heavy atom. The van der Waals surface area contributed by atoms with Crippen LogP contribution in [-0.2, 0) is 14.2 Å². The van der Waals surface area contributed by atoms with Gasteiger partial charge < -0.3 is 29.5 Å². The fourth-order valence-electron chi connectivity index (χ4n) is 5.05. The quantitative estimate of drug-likeness (QED) is 0.178. The summed E-state index contributed by atoms with van der Waals surface area (Å²) in [5.74, 6) is 0. The summed E-state index contributed by atoms with van der Waals surface area (Å²) in [5.41, 5.74) is 0.00775. The topological polar surface area (TPSA) is 88.4 Å². The maximum Gasteiger partial charge on any atom is 0.186 e. The molecule has 0 aromatic rings. The van der Waals surface area contributed by atoms with Crippen molar-refractivity contribution in [3.05, 3.63) is 0 Å². The number of aliphatic hydroxyl groups excluding tert-OH is 3. The molecule has 0 bridgehead atoms. The highest BCUT2D eigenvalue weighted by Crippen LogP contribution is 2.34. The zero-order chi connectivity index (χ0) is 25.2. The lowest BCUT2D eigenvalue weighted by Gasteiger charge is -2.42. The van der Waals surface area contributed by atoms with E-state index in [2.05, 4.69) is 20.8 Å². The molecule has 1 fully saturated rings. The smallest absolute Gasteiger partial charge is 0.186 e. The Hall–Kier alpha value is -0.240. The van der Waals surface area contributed by atoms with Crippen molar-refractivity contribution in [1.82, 2.24) is 0 Å². The summed E-state index contributed by atoms with van der Waals surface area (Å²) < 4.78 is 17.1. The van der Waals surface area contributed by atoms with Crippen LogP contribution in [0.2, 0.25) is 0 Å². The van der Waals surface area contributed by atoms with Crippen LogP contribution in [-0.4, -0.2) is 66.3 Å². The van der Waals surface area contributed by atoms with E-state index in [0.29, 0.717) is 6.61 Å². The van der Waals surface area contributed by atoms with Crippen molar-refractivity contribution < 1.29 is 29.5 Å². The van der Waals surface area contributed by atoms with Gasteiger partial charge in [0, 0.05) is 7.11 Å². The Balaban J connectivity index is 2.56. The van der Waals surface area contributed by atoms with E-state index < -0.39 is 30.7 Å². The third kappa shape index (κ3) is 12.1. The summed E-state index contributed by atoms with van der Waals surface area (Å²) in [5, 5.41) is 30.6. The van der Waals surface area contributed by atoms with Gasteiger partial charge in [0.25, 0.3) is 0 Å². The molecule has 0 radical (unpaired) electrons. The number of ether oxygens (including phenoxy) is 3. The number of methoxy groups -OCH3 is 1. The highest BCUT2D eigenvalue weighted by molar-refractivity contribution is 4.90. The van der Waals surface area contributed by atoms with Crippen LogP contribution in [0.3, 0.4) is 0 Å². The summed E-state index contributed by atoms with van der Waals surface area (Å²) in [6.45, 7) is 6.96. The molecule has 6 atom stereocenters. The average Bonchev–Trinajstić information content (AvgIpc) is 2.84. The second-order valence-electron chi connectivity index (χ2n) is 10.8. The largest absolute Gasteiger partial charge is 0.394 e. The first-order chi connectivity index (χ1) is 16.4. The highest BCUT2D eigenvalue weighted by atomic mass is 16.7. The van der Waals surface area contributed by atoms with Crippen LogP contribution >= 0.6 is 0 Å². The number of unbranched alkanes of at least 4 members (excludes halogenated alkanes) is 12. The van der Waals surface area contributed by atoms with Crippen molar-refractivity contribution in [2.24, 2.45) is 5.41 Å². The second-order valence-corrected chi connectivity index (χ2v) is 10.8. The molecule has 3 N–H and O–H groups in total. The fourth-order valence-corrected chi connectivity index (χ4v) is 5.05. The molecule has 1 saturated heterocycles. The van der Waals surface area contributed by atoms with E-state index in [1.165, 1.54) is 97.0 Å². The van der Waals surface area contributed by atoms with Crippen LogP contribution < -0.4 is 0 Å². The van der Waals surface area contributed by atoms with Crippen molar-refractivity contribution >= 4 is 0 Å². The molecular weight excluding hydrogens is 432 g/mol. The van der Waals surface area contributed by atoms with E-state index in [1.54, 1.807) is 0 Å². The van der Waals surface area contributed by atoms with Gasteiger partial charge in [-0.05, 0) is 18.3 Å². The SMILES string of the molecule is CCCCCCCCCC[C@](C)(CCCCCCCC)CO[C@H]1O[C@@H](CO)[C@H](OC)[C@@H](O)[C@@H]1O. The zero-order valence-corrected chi connectivity index (χ0v) is 22.7. The van der Waals surface area contributed by atoms with E-state index in [-0.39, 0.29) is 12.0 Å². The molecule has 0 amide bonds. The minimum absolute atomic E-state index is 0.00775. The van der Waals surface area contributed by atoms with Crippen molar-refractivity contribution in [2.45, 2.75) is 154 Å². The molecule has 34 heavy (non-hydrogen) atoms. The van der Waals surface area contributed by atoms with Crippen LogP contribution in [0.4, 0.5) is 0 Å². The molecule has 0 aliphatic carbocycles. The fraction of sp³-hybridized carbons (Fsp3) is 1.00. The van der Waals surface area contributed by atoms with E-state index >= 15 is 0 Å². The molecule has 0 unspecified atom stereocenters. The molecule has 6 heteroatoms. The first kappa shape index (κ1) is 31.8. The molecule has 0 spiro atoms. The zero-order valence-electron chi connectivity index (χ0n) is 22.7. The maximum atomic E-state index is 10.5. The maximum absolute atomic E-state index is 10.5. The highest BCUT2D eigenvalue weighted by Gasteiger charge is 2.45. The van der Waals surface area contributed by atoms with Gasteiger partial charge in [-0.25, -0.2) is 0 Å². The summed E-state index contributed by atoms with van der Waals surface area (Å²) in [6, 6.07) is 0. The summed E-state index contributed by atoms with van der Waals surface area (Å²) >= 11 is 0. The third-order valence-electron chi connectivity index (χ3n) is 7.46. The number of hydrogen-bond acceptors (Lipinski definition) is 6. The first-order valence-corrected chi connectivity index (χ1v) is 14.2. The molecule has 6 nitrogen and oxygen atoms in total. The number of hydrogen-bond donors (Lipinski definition) is 3. The molecule has 1 heterocycles. The second kappa shape index (κ2) is 18.9. The standard InChI is InChI=1S/C28H56O6/c1-5-7-9-11-13-14-16-18-20-28(3,19-17-15-12-10-8-6-2)22-33-27-25(31)24(30)26(32-4)23(21-29)34-27/h23-27,29-31H,5-22H2,1-4H3/t23-,24-,25-,26-,27-,28-/m0/s1. The monoisotopic (exact) mass is 488 g/mol. The summed E-state index contributed by atoms with van der Waals surface area (Å²) in [6.07, 6.45) is 15.4. The third-order valence-corrected chi connectivity index (χ3v) is 7.46. The van der Waals surface area contributed by atoms with Gasteiger partial charge in [-0.3, -0.25) is 0 Å². The normalized spacial score (nSPS) is 27.1. The molecule has 204 valence electrons. The molecule has 0 aromatic heterocycles. The molecule has 0 saturated carbocycles. The van der Waals surface area contributed by atoms with Gasteiger partial charge in [0.2, 0.25) is 0 Å². The Morgan fingerprint density at radius 1 is 0.735 bits per heavy atom. The lowest BCUT2D eigenvalue weighted by atomic mass is 9.80. The lowest BCUT2D eigenvalue weighted by molar-refractivity contribution is -0.309. The number of rotatable bonds is 21. The average molecular weight is 489 g/mol. The van der Waals surface area contributed by atoms with Gasteiger partial charge in [-0.15, -0.1) is 0 Å². The predicted octanol–water partition coefficient (Wildman–Crippen LogP) is 5.74. The van der Waals surface area contributed by atoms with Crippen LogP contribution in [0.15, 0.2) is 0 Å². The van der Waals surface area contributed by atoms with Crippen molar-refractivity contribution in [1.29, 1.82) is 0 Å². The minimum atomic E-state index is -1.20. The van der Waals surface area contributed by atoms with Gasteiger partial charge in [0.1, 0.15) is 24.4 Å². The predicted molar refractivity (Wildman–Crippen MR) is 138 cm³/mol. The Morgan fingerprint density at radius 2 is 1.21 bits per heavy atom. The van der Waals surface area contributed by atoms with Gasteiger partial charge in [0.05, 0.1) is 13.2 Å². The van der Waals surface area contributed by atoms with Gasteiger partial charge in [0.15, 0.2) is 6.29 Å². The lowest BCUT2D eigenvalue weighted by Crippen LogP contribution is -2.60. The number of aliphatic hydroxyl groups is 3. The van der Waals surface area contributed by atoms with Crippen molar-refractivity contribution in [3.8, 4) is 0 Å². The Labute approximate surface area is 209 Å². The van der Waals surface area contributed by atoms with Crippen LogP contribution in [0, 0.1) is 5.41 Å². The van der Waals surface area contributed by atoms with Crippen molar-refractivity contribution in [3.63, 3.8) is 0 Å². The van der Waals surface area contributed by atoms with Crippen LogP contribution in [0.25, 0.3) is 0 Å². The van der Waals surface area contributed by atoms with Gasteiger partial charge in [-0.1, -0.05) is 111 Å². The van der Waals surface area contributed by atoms with Gasteiger partial charge >= 0.3 is 0 Å². The summed E-state index contributed by atoms with van der Waals surface area (Å²) in [7, 11) is 1.44.